The predicted molar refractivity (Wildman–Crippen MR) is 58.9 cm³/mol. The first-order chi connectivity index (χ1) is 8.58. The minimum Gasteiger partial charge on any atom is -0.378 e. The van der Waals surface area contributed by atoms with E-state index in [9.17, 15) is 18.0 Å². The van der Waals surface area contributed by atoms with Crippen LogP contribution in [0.25, 0.3) is 0 Å². The second kappa shape index (κ2) is 5.52. The number of ether oxygens (including phenoxy) is 1. The van der Waals surface area contributed by atoms with Gasteiger partial charge in [-0.1, -0.05) is 0 Å². The highest BCUT2D eigenvalue weighted by Crippen LogP contribution is 2.20. The molecule has 1 aliphatic heterocycles. The van der Waals surface area contributed by atoms with Crippen molar-refractivity contribution in [2.75, 3.05) is 6.61 Å². The summed E-state index contributed by atoms with van der Waals surface area (Å²) < 4.78 is 44.3. The molecule has 0 N–H and O–H groups in total. The van der Waals surface area contributed by atoms with Crippen LogP contribution in [-0.2, 0) is 4.74 Å². The van der Waals surface area contributed by atoms with Gasteiger partial charge in [0.1, 0.15) is 5.82 Å². The molecule has 0 spiro atoms. The summed E-state index contributed by atoms with van der Waals surface area (Å²) in [6.07, 6.45) is 2.41. The first kappa shape index (κ1) is 13.1. The molecule has 1 heterocycles. The fraction of sp³-hybridized carbons (Fsp3) is 0.462. The van der Waals surface area contributed by atoms with E-state index in [1.807, 2.05) is 0 Å². The quantitative estimate of drug-likeness (QED) is 0.612. The molecule has 1 unspecified atom stereocenters. The summed E-state index contributed by atoms with van der Waals surface area (Å²) in [5.41, 5.74) is -0.396. The molecule has 1 aliphatic rings. The Bertz CT molecular complexity index is 454. The Morgan fingerprint density at radius 3 is 2.61 bits per heavy atom. The summed E-state index contributed by atoms with van der Waals surface area (Å²) in [7, 11) is 0. The summed E-state index contributed by atoms with van der Waals surface area (Å²) >= 11 is 0. The van der Waals surface area contributed by atoms with Crippen LogP contribution in [0, 0.1) is 17.5 Å². The van der Waals surface area contributed by atoms with Gasteiger partial charge in [0.25, 0.3) is 0 Å². The third-order valence-corrected chi connectivity index (χ3v) is 3.03. The van der Waals surface area contributed by atoms with Crippen LogP contribution < -0.4 is 0 Å². The lowest BCUT2D eigenvalue weighted by atomic mass is 10.0. The van der Waals surface area contributed by atoms with E-state index in [-0.39, 0.29) is 12.5 Å². The lowest BCUT2D eigenvalue weighted by Gasteiger charge is -2.08. The number of halogens is 3. The highest BCUT2D eigenvalue weighted by Gasteiger charge is 2.20. The number of carbonyl (C=O) groups is 1. The Morgan fingerprint density at radius 1 is 1.22 bits per heavy atom. The van der Waals surface area contributed by atoms with Gasteiger partial charge in [0.15, 0.2) is 17.4 Å². The molecule has 1 atom stereocenters. The largest absolute Gasteiger partial charge is 0.378 e. The zero-order chi connectivity index (χ0) is 13.1. The van der Waals surface area contributed by atoms with E-state index in [2.05, 4.69) is 0 Å². The summed E-state index contributed by atoms with van der Waals surface area (Å²) in [4.78, 5) is 11.7. The maximum atomic E-state index is 13.3. The molecule has 2 nitrogen and oxygen atoms in total. The van der Waals surface area contributed by atoms with Gasteiger partial charge in [0.2, 0.25) is 0 Å². The van der Waals surface area contributed by atoms with Crippen LogP contribution in [0.15, 0.2) is 12.1 Å². The van der Waals surface area contributed by atoms with Crippen molar-refractivity contribution < 1.29 is 22.7 Å². The molecule has 0 saturated carbocycles. The summed E-state index contributed by atoms with van der Waals surface area (Å²) in [5.74, 6) is -4.05. The molecular formula is C13H13F3O2. The number of hydrogen-bond acceptors (Lipinski definition) is 2. The van der Waals surface area contributed by atoms with Crippen LogP contribution in [-0.4, -0.2) is 18.5 Å². The normalized spacial score (nSPS) is 19.2. The van der Waals surface area contributed by atoms with Gasteiger partial charge in [-0.3, -0.25) is 4.79 Å². The minimum absolute atomic E-state index is 0.0160. The van der Waals surface area contributed by atoms with Crippen molar-refractivity contribution in [3.05, 3.63) is 35.1 Å². The molecule has 0 bridgehead atoms. The Kier molecular flexibility index (Phi) is 4.01. The molecule has 1 fully saturated rings. The fourth-order valence-electron chi connectivity index (χ4n) is 2.04. The van der Waals surface area contributed by atoms with Crippen molar-refractivity contribution in [1.29, 1.82) is 0 Å². The van der Waals surface area contributed by atoms with Gasteiger partial charge in [-0.05, 0) is 25.3 Å². The molecule has 0 amide bonds. The number of Topliss-reactive ketones (excluding diaryl/α,β-unsaturated/α-hetero) is 1. The van der Waals surface area contributed by atoms with E-state index in [4.69, 9.17) is 4.74 Å². The van der Waals surface area contributed by atoms with Crippen LogP contribution in [0.1, 0.15) is 36.0 Å². The Morgan fingerprint density at radius 2 is 1.94 bits per heavy atom. The van der Waals surface area contributed by atoms with Crippen molar-refractivity contribution in [3.8, 4) is 0 Å². The number of benzene rings is 1. The second-order valence-electron chi connectivity index (χ2n) is 4.34. The number of rotatable bonds is 4. The van der Waals surface area contributed by atoms with E-state index < -0.39 is 28.8 Å². The van der Waals surface area contributed by atoms with Crippen LogP contribution in [0.5, 0.6) is 0 Å². The van der Waals surface area contributed by atoms with E-state index in [0.29, 0.717) is 25.2 Å². The molecule has 1 aromatic rings. The zero-order valence-corrected chi connectivity index (χ0v) is 9.72. The average molecular weight is 258 g/mol. The number of ketones is 1. The molecule has 1 saturated heterocycles. The Labute approximate surface area is 103 Å². The average Bonchev–Trinajstić information content (AvgIpc) is 2.84. The van der Waals surface area contributed by atoms with E-state index >= 15 is 0 Å². The minimum atomic E-state index is -1.29. The van der Waals surface area contributed by atoms with Crippen molar-refractivity contribution >= 4 is 5.78 Å². The summed E-state index contributed by atoms with van der Waals surface area (Å²) in [5, 5.41) is 0. The lowest BCUT2D eigenvalue weighted by Crippen LogP contribution is -2.10. The molecule has 18 heavy (non-hydrogen) atoms. The highest BCUT2D eigenvalue weighted by molar-refractivity contribution is 5.96. The third kappa shape index (κ3) is 2.90. The first-order valence-electron chi connectivity index (χ1n) is 5.87. The SMILES string of the molecule is O=C(CCC1CCCO1)c1cc(F)c(F)cc1F. The number of hydrogen-bond donors (Lipinski definition) is 0. The van der Waals surface area contributed by atoms with Gasteiger partial charge in [0, 0.05) is 19.1 Å². The molecule has 0 radical (unpaired) electrons. The van der Waals surface area contributed by atoms with Crippen molar-refractivity contribution in [2.24, 2.45) is 0 Å². The van der Waals surface area contributed by atoms with Crippen LogP contribution in [0.2, 0.25) is 0 Å². The molecule has 0 aliphatic carbocycles. The van der Waals surface area contributed by atoms with Crippen LogP contribution in [0.3, 0.4) is 0 Å². The zero-order valence-electron chi connectivity index (χ0n) is 9.72. The maximum Gasteiger partial charge on any atom is 0.166 e. The molecule has 0 aromatic heterocycles. The lowest BCUT2D eigenvalue weighted by molar-refractivity contribution is 0.0856. The third-order valence-electron chi connectivity index (χ3n) is 3.03. The topological polar surface area (TPSA) is 26.3 Å². The molecular weight excluding hydrogens is 245 g/mol. The summed E-state index contributed by atoms with van der Waals surface area (Å²) in [6.45, 7) is 0.679. The van der Waals surface area contributed by atoms with E-state index in [0.717, 1.165) is 12.8 Å². The monoisotopic (exact) mass is 258 g/mol. The van der Waals surface area contributed by atoms with Crippen LogP contribution >= 0.6 is 0 Å². The van der Waals surface area contributed by atoms with Gasteiger partial charge >= 0.3 is 0 Å². The smallest absolute Gasteiger partial charge is 0.166 e. The predicted octanol–water partition coefficient (Wildman–Crippen LogP) is 3.25. The fourth-order valence-corrected chi connectivity index (χ4v) is 2.04. The number of carbonyl (C=O) groups excluding carboxylic acids is 1. The van der Waals surface area contributed by atoms with Gasteiger partial charge in [-0.15, -0.1) is 0 Å². The summed E-state index contributed by atoms with van der Waals surface area (Å²) in [6, 6.07) is 1.01. The van der Waals surface area contributed by atoms with Gasteiger partial charge in [-0.2, -0.15) is 0 Å². The van der Waals surface area contributed by atoms with E-state index in [1.54, 1.807) is 0 Å². The molecule has 2 rings (SSSR count). The van der Waals surface area contributed by atoms with Crippen molar-refractivity contribution in [1.82, 2.24) is 0 Å². The molecule has 98 valence electrons. The van der Waals surface area contributed by atoms with E-state index in [1.165, 1.54) is 0 Å². The Balaban J connectivity index is 2.01. The van der Waals surface area contributed by atoms with Crippen LogP contribution in [0.4, 0.5) is 13.2 Å². The first-order valence-corrected chi connectivity index (χ1v) is 5.87. The highest BCUT2D eigenvalue weighted by atomic mass is 19.2. The Hall–Kier alpha value is -1.36. The van der Waals surface area contributed by atoms with Crippen molar-refractivity contribution in [2.45, 2.75) is 31.8 Å². The van der Waals surface area contributed by atoms with Gasteiger partial charge in [-0.25, -0.2) is 13.2 Å². The van der Waals surface area contributed by atoms with Gasteiger partial charge < -0.3 is 4.74 Å². The second-order valence-corrected chi connectivity index (χ2v) is 4.34. The molecule has 5 heteroatoms. The maximum absolute atomic E-state index is 13.3. The molecule has 1 aromatic carbocycles. The standard InChI is InChI=1S/C13H13F3O2/c14-10-7-12(16)11(15)6-9(10)13(17)4-3-8-2-1-5-18-8/h6-8H,1-5H2. The van der Waals surface area contributed by atoms with Gasteiger partial charge in [0.05, 0.1) is 11.7 Å². The van der Waals surface area contributed by atoms with Crippen molar-refractivity contribution in [3.63, 3.8) is 0 Å².